The van der Waals surface area contributed by atoms with Crippen LogP contribution < -0.4 is 14.4 Å². The van der Waals surface area contributed by atoms with Gasteiger partial charge in [0.15, 0.2) is 6.10 Å². The molecule has 2 aromatic carbocycles. The van der Waals surface area contributed by atoms with Gasteiger partial charge in [-0.2, -0.15) is 4.31 Å². The molecule has 4 rings (SSSR count). The van der Waals surface area contributed by atoms with Crippen molar-refractivity contribution in [2.24, 2.45) is 0 Å². The molecule has 1 amide bonds. The first-order valence-electron chi connectivity index (χ1n) is 12.0. The molecule has 2 aliphatic heterocycles. The number of sulfonamides is 2. The van der Waals surface area contributed by atoms with Crippen molar-refractivity contribution in [3.05, 3.63) is 48.0 Å². The van der Waals surface area contributed by atoms with Crippen LogP contribution in [0.1, 0.15) is 45.6 Å². The second kappa shape index (κ2) is 9.68. The number of piperidine rings is 1. The first-order valence-corrected chi connectivity index (χ1v) is 15.3. The second-order valence-electron chi connectivity index (χ2n) is 10.3. The molecule has 0 saturated carbocycles. The quantitative estimate of drug-likeness (QED) is 0.629. The number of ether oxygens (including phenoxy) is 1. The lowest BCUT2D eigenvalue weighted by atomic mass is 9.86. The Morgan fingerprint density at radius 3 is 2.19 bits per heavy atom. The highest BCUT2D eigenvalue weighted by Crippen LogP contribution is 2.38. The van der Waals surface area contributed by atoms with Crippen LogP contribution >= 0.6 is 0 Å². The van der Waals surface area contributed by atoms with E-state index in [1.165, 1.54) is 32.9 Å². The number of rotatable bonds is 5. The average molecular weight is 536 g/mol. The summed E-state index contributed by atoms with van der Waals surface area (Å²) in [6, 6.07) is 11.3. The van der Waals surface area contributed by atoms with Crippen LogP contribution in [-0.2, 0) is 30.3 Å². The molecule has 196 valence electrons. The zero-order valence-corrected chi connectivity index (χ0v) is 22.7. The van der Waals surface area contributed by atoms with Gasteiger partial charge >= 0.3 is 0 Å². The summed E-state index contributed by atoms with van der Waals surface area (Å²) >= 11 is 0. The minimum Gasteiger partial charge on any atom is -0.476 e. The van der Waals surface area contributed by atoms with Gasteiger partial charge in [0.05, 0.1) is 23.4 Å². The molecule has 36 heavy (non-hydrogen) atoms. The number of carbonyl (C=O) groups excluding carboxylic acids is 1. The van der Waals surface area contributed by atoms with Crippen molar-refractivity contribution in [1.82, 2.24) is 4.31 Å². The predicted octanol–water partition coefficient (Wildman–Crippen LogP) is 3.32. The van der Waals surface area contributed by atoms with Crippen molar-refractivity contribution in [2.75, 3.05) is 35.5 Å². The molecular formula is C25H33N3O6S2. The number of fused-ring (bicyclic) bond motifs is 1. The van der Waals surface area contributed by atoms with E-state index in [-0.39, 0.29) is 16.9 Å². The molecule has 1 saturated heterocycles. The van der Waals surface area contributed by atoms with Gasteiger partial charge in [-0.15, -0.1) is 0 Å². The minimum absolute atomic E-state index is 0.170. The highest BCUT2D eigenvalue weighted by atomic mass is 32.2. The van der Waals surface area contributed by atoms with Crippen LogP contribution in [0.25, 0.3) is 0 Å². The molecule has 2 heterocycles. The smallest absolute Gasteiger partial charge is 0.267 e. The number of benzene rings is 2. The van der Waals surface area contributed by atoms with Crippen LogP contribution in [0.15, 0.2) is 47.4 Å². The molecule has 0 spiro atoms. The largest absolute Gasteiger partial charge is 0.476 e. The maximum absolute atomic E-state index is 13.0. The van der Waals surface area contributed by atoms with Gasteiger partial charge in [0, 0.05) is 18.8 Å². The zero-order valence-electron chi connectivity index (χ0n) is 21.0. The van der Waals surface area contributed by atoms with E-state index in [1.807, 2.05) is 26.8 Å². The van der Waals surface area contributed by atoms with Crippen LogP contribution in [0.5, 0.6) is 5.75 Å². The molecule has 1 fully saturated rings. The van der Waals surface area contributed by atoms with Gasteiger partial charge in [-0.05, 0) is 60.2 Å². The Labute approximate surface area is 213 Å². The summed E-state index contributed by atoms with van der Waals surface area (Å²) in [5.74, 6) is -0.219. The van der Waals surface area contributed by atoms with E-state index < -0.39 is 32.1 Å². The van der Waals surface area contributed by atoms with E-state index in [0.717, 1.165) is 31.1 Å². The summed E-state index contributed by atoms with van der Waals surface area (Å²) in [5, 5.41) is 2.71. The third kappa shape index (κ3) is 5.52. The van der Waals surface area contributed by atoms with Crippen molar-refractivity contribution in [2.45, 2.75) is 56.4 Å². The maximum Gasteiger partial charge on any atom is 0.267 e. The summed E-state index contributed by atoms with van der Waals surface area (Å²) in [4.78, 5) is 13.2. The van der Waals surface area contributed by atoms with E-state index in [2.05, 4.69) is 5.32 Å². The second-order valence-corrected chi connectivity index (χ2v) is 14.2. The first kappa shape index (κ1) is 26.4. The number of nitrogens with zero attached hydrogens (tertiary/aromatic N) is 2. The van der Waals surface area contributed by atoms with Gasteiger partial charge in [-0.3, -0.25) is 9.10 Å². The zero-order chi connectivity index (χ0) is 26.3. The van der Waals surface area contributed by atoms with Crippen LogP contribution in [0, 0.1) is 0 Å². The van der Waals surface area contributed by atoms with Crippen molar-refractivity contribution in [3.63, 3.8) is 0 Å². The third-order valence-corrected chi connectivity index (χ3v) is 9.52. The fourth-order valence-electron chi connectivity index (χ4n) is 4.36. The Morgan fingerprint density at radius 2 is 1.61 bits per heavy atom. The molecule has 0 aromatic heterocycles. The number of hydrogen-bond acceptors (Lipinski definition) is 6. The SMILES string of the molecule is CC(C)(C)c1ccc2c(c1)N(S(C)(=O)=O)CC(C(=O)Nc1ccc(S(=O)(=O)N3CCCCC3)cc1)O2. The maximum atomic E-state index is 13.0. The average Bonchev–Trinajstić information content (AvgIpc) is 2.82. The van der Waals surface area contributed by atoms with Crippen molar-refractivity contribution >= 4 is 37.3 Å². The molecule has 1 N–H and O–H groups in total. The summed E-state index contributed by atoms with van der Waals surface area (Å²) in [5.41, 5.74) is 1.54. The molecule has 11 heteroatoms. The van der Waals surface area contributed by atoms with Crippen LogP contribution in [0.4, 0.5) is 11.4 Å². The van der Waals surface area contributed by atoms with Crippen molar-refractivity contribution in [3.8, 4) is 5.75 Å². The lowest BCUT2D eigenvalue weighted by Gasteiger charge is -2.35. The predicted molar refractivity (Wildman–Crippen MR) is 139 cm³/mol. The van der Waals surface area contributed by atoms with Gasteiger partial charge in [0.2, 0.25) is 20.0 Å². The minimum atomic E-state index is -3.67. The number of carbonyl (C=O) groups is 1. The molecule has 0 aliphatic carbocycles. The van der Waals surface area contributed by atoms with E-state index in [0.29, 0.717) is 30.2 Å². The third-order valence-electron chi connectivity index (χ3n) is 6.46. The first-order chi connectivity index (χ1) is 16.8. The number of amides is 1. The summed E-state index contributed by atoms with van der Waals surface area (Å²) in [6.07, 6.45) is 2.74. The fourth-order valence-corrected chi connectivity index (χ4v) is 6.78. The molecule has 0 radical (unpaired) electrons. The van der Waals surface area contributed by atoms with E-state index >= 15 is 0 Å². The van der Waals surface area contributed by atoms with Gasteiger partial charge in [-0.1, -0.05) is 33.3 Å². The molecule has 9 nitrogen and oxygen atoms in total. The van der Waals surface area contributed by atoms with Crippen molar-refractivity contribution < 1.29 is 26.4 Å². The van der Waals surface area contributed by atoms with Gasteiger partial charge in [-0.25, -0.2) is 16.8 Å². The number of nitrogens with one attached hydrogen (secondary N) is 1. The summed E-state index contributed by atoms with van der Waals surface area (Å²) in [6.45, 7) is 6.94. The Morgan fingerprint density at radius 1 is 0.972 bits per heavy atom. The van der Waals surface area contributed by atoms with E-state index in [4.69, 9.17) is 4.74 Å². The van der Waals surface area contributed by atoms with Crippen LogP contribution in [-0.4, -0.2) is 59.0 Å². The van der Waals surface area contributed by atoms with E-state index in [1.54, 1.807) is 12.1 Å². The Bertz CT molecular complexity index is 1340. The van der Waals surface area contributed by atoms with Crippen LogP contribution in [0.3, 0.4) is 0 Å². The Hall–Kier alpha value is -2.63. The molecule has 1 atom stereocenters. The van der Waals surface area contributed by atoms with Gasteiger partial charge < -0.3 is 10.1 Å². The Kier molecular flexibility index (Phi) is 7.11. The molecule has 2 aliphatic rings. The molecule has 0 bridgehead atoms. The lowest BCUT2D eigenvalue weighted by molar-refractivity contribution is -0.122. The Balaban J connectivity index is 1.52. The number of anilines is 2. The molecular weight excluding hydrogens is 502 g/mol. The number of hydrogen-bond donors (Lipinski definition) is 1. The van der Waals surface area contributed by atoms with Crippen LogP contribution in [0.2, 0.25) is 0 Å². The normalized spacial score (nSPS) is 19.3. The fraction of sp³-hybridized carbons (Fsp3) is 0.480. The molecule has 1 unspecified atom stereocenters. The molecule has 2 aromatic rings. The lowest BCUT2D eigenvalue weighted by Crippen LogP contribution is -2.48. The monoisotopic (exact) mass is 535 g/mol. The van der Waals surface area contributed by atoms with Gasteiger partial charge in [0.1, 0.15) is 5.75 Å². The van der Waals surface area contributed by atoms with E-state index in [9.17, 15) is 21.6 Å². The van der Waals surface area contributed by atoms with Gasteiger partial charge in [0.25, 0.3) is 5.91 Å². The summed E-state index contributed by atoms with van der Waals surface area (Å²) < 4.78 is 59.4. The highest BCUT2D eigenvalue weighted by Gasteiger charge is 2.36. The van der Waals surface area contributed by atoms with Crippen molar-refractivity contribution in [1.29, 1.82) is 0 Å². The standard InChI is InChI=1S/C25H33N3O6S2/c1-25(2,3)18-8-13-22-21(16-18)28(35(4,30)31)17-23(34-22)24(29)26-19-9-11-20(12-10-19)36(32,33)27-14-6-5-7-15-27/h8-13,16,23H,5-7,14-15,17H2,1-4H3,(H,26,29). The highest BCUT2D eigenvalue weighted by molar-refractivity contribution is 7.92. The summed E-state index contributed by atoms with van der Waals surface area (Å²) in [7, 11) is -7.25. The topological polar surface area (TPSA) is 113 Å².